The molecule has 0 aromatic rings. The highest BCUT2D eigenvalue weighted by Crippen LogP contribution is 2.40. The second-order valence-electron chi connectivity index (χ2n) is 6.79. The molecule has 124 valence electrons. The van der Waals surface area contributed by atoms with Crippen LogP contribution in [-0.2, 0) is 4.79 Å². The lowest BCUT2D eigenvalue weighted by Gasteiger charge is -2.48. The van der Waals surface area contributed by atoms with Crippen LogP contribution in [0.25, 0.3) is 0 Å². The van der Waals surface area contributed by atoms with E-state index in [4.69, 9.17) is 0 Å². The summed E-state index contributed by atoms with van der Waals surface area (Å²) in [5, 5.41) is 3.52. The average Bonchev–Trinajstić information content (AvgIpc) is 2.45. The minimum atomic E-state index is 0. The first kappa shape index (κ1) is 19.0. The number of carbonyl (C=O) groups is 1. The summed E-state index contributed by atoms with van der Waals surface area (Å²) in [6.45, 7) is 5.82. The topological polar surface area (TPSA) is 35.6 Å². The number of carbonyl (C=O) groups excluding carboxylic acids is 1. The van der Waals surface area contributed by atoms with E-state index in [-0.39, 0.29) is 24.8 Å². The lowest BCUT2D eigenvalue weighted by molar-refractivity contribution is -0.137. The normalized spacial score (nSPS) is 29.7. The smallest absolute Gasteiger partial charge is 0.222 e. The van der Waals surface area contributed by atoms with Crippen molar-refractivity contribution in [2.45, 2.75) is 44.6 Å². The Balaban J connectivity index is 0.00000110. The van der Waals surface area contributed by atoms with Crippen molar-refractivity contribution in [3.05, 3.63) is 0 Å². The number of hydrogen-bond acceptors (Lipinski definition) is 3. The van der Waals surface area contributed by atoms with Crippen LogP contribution >= 0.6 is 24.8 Å². The Bertz CT molecular complexity index is 340. The molecule has 4 nitrogen and oxygen atoms in total. The third-order valence-corrected chi connectivity index (χ3v) is 5.51. The van der Waals surface area contributed by atoms with Crippen LogP contribution in [0.2, 0.25) is 0 Å². The van der Waals surface area contributed by atoms with Gasteiger partial charge in [0.25, 0.3) is 0 Å². The minimum Gasteiger partial charge on any atom is -0.345 e. The van der Waals surface area contributed by atoms with Gasteiger partial charge in [-0.3, -0.25) is 9.69 Å². The van der Waals surface area contributed by atoms with Gasteiger partial charge in [0, 0.05) is 32.6 Å². The van der Waals surface area contributed by atoms with Crippen LogP contribution in [0.3, 0.4) is 0 Å². The molecule has 3 saturated heterocycles. The zero-order valence-corrected chi connectivity index (χ0v) is 14.6. The SMILES string of the molecule is CN1CC2(CCC1=O)CCN(C1CCCNC1)CC2.Cl.Cl. The summed E-state index contributed by atoms with van der Waals surface area (Å²) in [5.41, 5.74) is 0.432. The molecule has 1 amide bonds. The molecule has 3 rings (SSSR count). The van der Waals surface area contributed by atoms with Crippen molar-refractivity contribution in [1.82, 2.24) is 15.1 Å². The van der Waals surface area contributed by atoms with E-state index in [1.165, 1.54) is 51.9 Å². The van der Waals surface area contributed by atoms with Crippen LogP contribution in [0.4, 0.5) is 0 Å². The van der Waals surface area contributed by atoms with Crippen LogP contribution in [0, 0.1) is 5.41 Å². The van der Waals surface area contributed by atoms with Gasteiger partial charge in [-0.25, -0.2) is 0 Å². The maximum atomic E-state index is 11.6. The van der Waals surface area contributed by atoms with Gasteiger partial charge in [0.05, 0.1) is 0 Å². The number of piperidine rings is 3. The molecule has 1 unspecified atom stereocenters. The van der Waals surface area contributed by atoms with Crippen LogP contribution in [-0.4, -0.2) is 61.5 Å². The maximum Gasteiger partial charge on any atom is 0.222 e. The molecular weight excluding hydrogens is 309 g/mol. The van der Waals surface area contributed by atoms with Gasteiger partial charge < -0.3 is 10.2 Å². The molecular formula is C15H29Cl2N3O. The van der Waals surface area contributed by atoms with E-state index in [0.29, 0.717) is 11.3 Å². The first-order valence-electron chi connectivity index (χ1n) is 7.87. The highest BCUT2D eigenvalue weighted by molar-refractivity contribution is 5.85. The van der Waals surface area contributed by atoms with Gasteiger partial charge >= 0.3 is 0 Å². The number of amides is 1. The molecule has 3 aliphatic rings. The molecule has 21 heavy (non-hydrogen) atoms. The van der Waals surface area contributed by atoms with Crippen molar-refractivity contribution in [2.75, 3.05) is 39.8 Å². The van der Waals surface area contributed by atoms with E-state index in [9.17, 15) is 4.79 Å². The molecule has 0 saturated carbocycles. The highest BCUT2D eigenvalue weighted by Gasteiger charge is 2.40. The van der Waals surface area contributed by atoms with Crippen molar-refractivity contribution in [3.63, 3.8) is 0 Å². The molecule has 1 spiro atoms. The third kappa shape index (κ3) is 4.25. The van der Waals surface area contributed by atoms with E-state index in [0.717, 1.165) is 25.4 Å². The Morgan fingerprint density at radius 3 is 2.48 bits per heavy atom. The predicted molar refractivity (Wildman–Crippen MR) is 90.5 cm³/mol. The van der Waals surface area contributed by atoms with Crippen molar-refractivity contribution >= 4 is 30.7 Å². The first-order valence-corrected chi connectivity index (χ1v) is 7.87. The molecule has 3 fully saturated rings. The lowest BCUT2D eigenvalue weighted by atomic mass is 9.72. The standard InChI is InChI=1S/C15H27N3O.2ClH/c1-17-12-15(5-4-14(17)19)6-9-18(10-7-15)13-3-2-8-16-11-13;;/h13,16H,2-12H2,1H3;2*1H. The second kappa shape index (κ2) is 8.00. The number of likely N-dealkylation sites (tertiary alicyclic amines) is 2. The monoisotopic (exact) mass is 337 g/mol. The Labute approximate surface area is 140 Å². The molecule has 1 N–H and O–H groups in total. The molecule has 0 aliphatic carbocycles. The quantitative estimate of drug-likeness (QED) is 0.793. The van der Waals surface area contributed by atoms with E-state index in [2.05, 4.69) is 10.2 Å². The highest BCUT2D eigenvalue weighted by atomic mass is 35.5. The molecule has 3 heterocycles. The molecule has 3 aliphatic heterocycles. The predicted octanol–water partition coefficient (Wildman–Crippen LogP) is 1.92. The number of halogens is 2. The van der Waals surface area contributed by atoms with Gasteiger partial charge in [0.15, 0.2) is 0 Å². The summed E-state index contributed by atoms with van der Waals surface area (Å²) >= 11 is 0. The van der Waals surface area contributed by atoms with E-state index in [1.807, 2.05) is 11.9 Å². The third-order valence-electron chi connectivity index (χ3n) is 5.51. The van der Waals surface area contributed by atoms with Crippen LogP contribution in [0.5, 0.6) is 0 Å². The fourth-order valence-corrected chi connectivity index (χ4v) is 4.15. The number of nitrogens with one attached hydrogen (secondary N) is 1. The summed E-state index contributed by atoms with van der Waals surface area (Å²) in [4.78, 5) is 16.3. The fraction of sp³-hybridized carbons (Fsp3) is 0.933. The molecule has 0 aromatic heterocycles. The molecule has 0 radical (unpaired) electrons. The number of hydrogen-bond donors (Lipinski definition) is 1. The van der Waals surface area contributed by atoms with Crippen LogP contribution in [0.1, 0.15) is 38.5 Å². The summed E-state index contributed by atoms with van der Waals surface area (Å²) < 4.78 is 0. The Kier molecular flexibility index (Phi) is 7.25. The Morgan fingerprint density at radius 1 is 1.19 bits per heavy atom. The Morgan fingerprint density at radius 2 is 1.90 bits per heavy atom. The molecule has 0 bridgehead atoms. The van der Waals surface area contributed by atoms with Gasteiger partial charge in [0.1, 0.15) is 0 Å². The average molecular weight is 338 g/mol. The van der Waals surface area contributed by atoms with Crippen molar-refractivity contribution in [3.8, 4) is 0 Å². The van der Waals surface area contributed by atoms with Gasteiger partial charge in [-0.15, -0.1) is 24.8 Å². The van der Waals surface area contributed by atoms with Crippen LogP contribution in [0.15, 0.2) is 0 Å². The molecule has 1 atom stereocenters. The largest absolute Gasteiger partial charge is 0.345 e. The number of rotatable bonds is 1. The van der Waals surface area contributed by atoms with Crippen LogP contribution < -0.4 is 5.32 Å². The van der Waals surface area contributed by atoms with Crippen molar-refractivity contribution in [2.24, 2.45) is 5.41 Å². The van der Waals surface area contributed by atoms with E-state index < -0.39 is 0 Å². The van der Waals surface area contributed by atoms with Gasteiger partial charge in [-0.2, -0.15) is 0 Å². The summed E-state index contributed by atoms with van der Waals surface area (Å²) in [5.74, 6) is 0.338. The maximum absolute atomic E-state index is 11.6. The summed E-state index contributed by atoms with van der Waals surface area (Å²) in [7, 11) is 1.97. The minimum absolute atomic E-state index is 0. The van der Waals surface area contributed by atoms with E-state index in [1.54, 1.807) is 0 Å². The summed E-state index contributed by atoms with van der Waals surface area (Å²) in [6, 6.07) is 0.758. The summed E-state index contributed by atoms with van der Waals surface area (Å²) in [6.07, 6.45) is 7.12. The van der Waals surface area contributed by atoms with E-state index >= 15 is 0 Å². The van der Waals surface area contributed by atoms with Crippen molar-refractivity contribution < 1.29 is 4.79 Å². The zero-order valence-electron chi connectivity index (χ0n) is 13.0. The molecule has 6 heteroatoms. The molecule has 0 aromatic carbocycles. The van der Waals surface area contributed by atoms with Crippen molar-refractivity contribution in [1.29, 1.82) is 0 Å². The second-order valence-corrected chi connectivity index (χ2v) is 6.79. The fourth-order valence-electron chi connectivity index (χ4n) is 4.15. The Hall–Kier alpha value is -0.0300. The zero-order chi connectivity index (χ0) is 13.3. The first-order chi connectivity index (χ1) is 9.19. The lowest BCUT2D eigenvalue weighted by Crippen LogP contribution is -2.54. The van der Waals surface area contributed by atoms with Gasteiger partial charge in [0.2, 0.25) is 5.91 Å². The van der Waals surface area contributed by atoms with Gasteiger partial charge in [-0.1, -0.05) is 0 Å². The number of nitrogens with zero attached hydrogens (tertiary/aromatic N) is 2. The van der Waals surface area contributed by atoms with Gasteiger partial charge in [-0.05, 0) is 57.2 Å².